The second-order valence-corrected chi connectivity index (χ2v) is 5.73. The van der Waals surface area contributed by atoms with Crippen LogP contribution in [0, 0.1) is 0 Å². The van der Waals surface area contributed by atoms with Crippen LogP contribution in [0.3, 0.4) is 0 Å². The molecule has 0 aliphatic carbocycles. The Morgan fingerprint density at radius 1 is 1.17 bits per heavy atom. The summed E-state index contributed by atoms with van der Waals surface area (Å²) in [5.41, 5.74) is 1.06. The second kappa shape index (κ2) is 7.82. The van der Waals surface area contributed by atoms with Crippen molar-refractivity contribution in [1.82, 2.24) is 10.2 Å². The Balaban J connectivity index is 2.39. The molecule has 5 heteroatoms. The Morgan fingerprint density at radius 2 is 1.72 bits per heavy atom. The molecule has 0 aliphatic rings. The number of nitrogens with zero attached hydrogens (tertiary/aromatic N) is 1. The fourth-order valence-electron chi connectivity index (χ4n) is 1.66. The molecule has 1 aromatic rings. The Labute approximate surface area is 111 Å². The zero-order chi connectivity index (χ0) is 13.5. The van der Waals surface area contributed by atoms with E-state index in [0.29, 0.717) is 18.7 Å². The van der Waals surface area contributed by atoms with E-state index in [2.05, 4.69) is 32.9 Å². The van der Waals surface area contributed by atoms with Crippen LogP contribution in [0.4, 0.5) is 0 Å². The van der Waals surface area contributed by atoms with Crippen molar-refractivity contribution in [3.8, 4) is 0 Å². The van der Waals surface area contributed by atoms with Crippen molar-refractivity contribution in [2.24, 2.45) is 0 Å². The molecule has 102 valence electrons. The average Bonchev–Trinajstić information content (AvgIpc) is 2.34. The lowest BCUT2D eigenvalue weighted by Crippen LogP contribution is -2.45. The molecule has 1 atom stereocenters. The van der Waals surface area contributed by atoms with E-state index in [0.717, 1.165) is 5.56 Å². The molecule has 0 saturated carbocycles. The largest absolute Gasteiger partial charge is 0.337 e. The normalized spacial score (nSPS) is 13.6. The molecule has 0 aromatic heterocycles. The Kier molecular flexibility index (Phi) is 6.76. The first-order valence-electron chi connectivity index (χ1n) is 6.21. The van der Waals surface area contributed by atoms with Crippen molar-refractivity contribution >= 4 is 8.53 Å². The number of hydrogen-bond donors (Lipinski definition) is 2. The summed E-state index contributed by atoms with van der Waals surface area (Å²) in [5.74, 6) is 0. The van der Waals surface area contributed by atoms with Crippen molar-refractivity contribution in [3.63, 3.8) is 0 Å². The first kappa shape index (κ1) is 15.5. The van der Waals surface area contributed by atoms with Crippen molar-refractivity contribution in [2.75, 3.05) is 0 Å². The molecule has 1 rings (SSSR count). The third-order valence-corrected chi connectivity index (χ3v) is 3.29. The highest BCUT2D eigenvalue weighted by molar-refractivity contribution is 7.43. The van der Waals surface area contributed by atoms with Crippen molar-refractivity contribution < 1.29 is 9.42 Å². The Hall–Kier alpha value is -0.510. The summed E-state index contributed by atoms with van der Waals surface area (Å²) in [6.45, 7) is 8.72. The molecule has 0 spiro atoms. The maximum atomic E-state index is 9.87. The van der Waals surface area contributed by atoms with Crippen molar-refractivity contribution in [3.05, 3.63) is 35.9 Å². The topological polar surface area (TPSA) is 44.7 Å². The van der Waals surface area contributed by atoms with E-state index in [9.17, 15) is 4.89 Å². The minimum atomic E-state index is -1.63. The van der Waals surface area contributed by atoms with Gasteiger partial charge in [-0.05, 0) is 33.3 Å². The highest BCUT2D eigenvalue weighted by atomic mass is 31.2. The van der Waals surface area contributed by atoms with Gasteiger partial charge in [0.25, 0.3) is 8.53 Å². The van der Waals surface area contributed by atoms with Gasteiger partial charge in [0.15, 0.2) is 0 Å². The van der Waals surface area contributed by atoms with Crippen LogP contribution in [0.25, 0.3) is 0 Å². The molecule has 0 bridgehead atoms. The molecule has 1 aromatic carbocycles. The minimum absolute atomic E-state index is 0.308. The van der Waals surface area contributed by atoms with Gasteiger partial charge in [0.05, 0.1) is 6.61 Å². The smallest absolute Gasteiger partial charge is 0.268 e. The summed E-state index contributed by atoms with van der Waals surface area (Å²) >= 11 is 0. The molecule has 2 N–H and O–H groups in total. The molecular weight excluding hydrogens is 247 g/mol. The summed E-state index contributed by atoms with van der Waals surface area (Å²) in [7, 11) is -1.63. The number of hydrazine groups is 1. The first-order valence-corrected chi connectivity index (χ1v) is 7.42. The summed E-state index contributed by atoms with van der Waals surface area (Å²) < 4.78 is 5.43. The first-order chi connectivity index (χ1) is 8.50. The molecule has 0 aliphatic heterocycles. The molecule has 0 saturated heterocycles. The monoisotopic (exact) mass is 270 g/mol. The van der Waals surface area contributed by atoms with Crippen LogP contribution >= 0.6 is 8.53 Å². The number of nitrogens with one attached hydrogen (secondary N) is 1. The maximum absolute atomic E-state index is 9.87. The van der Waals surface area contributed by atoms with Gasteiger partial charge in [0.2, 0.25) is 0 Å². The van der Waals surface area contributed by atoms with E-state index in [1.807, 2.05) is 35.3 Å². The maximum Gasteiger partial charge on any atom is 0.268 e. The molecular formula is C13H23N2O2P. The average molecular weight is 270 g/mol. The number of rotatable bonds is 7. The van der Waals surface area contributed by atoms with Gasteiger partial charge in [-0.1, -0.05) is 30.3 Å². The van der Waals surface area contributed by atoms with Gasteiger partial charge < -0.3 is 9.42 Å². The van der Waals surface area contributed by atoms with E-state index < -0.39 is 8.53 Å². The van der Waals surface area contributed by atoms with E-state index >= 15 is 0 Å². The van der Waals surface area contributed by atoms with Crippen LogP contribution < -0.4 is 5.20 Å². The fourth-order valence-corrected chi connectivity index (χ4v) is 2.65. The van der Waals surface area contributed by atoms with Crippen LogP contribution in [0.5, 0.6) is 0 Å². The number of benzene rings is 1. The standard InChI is InChI=1S/C13H23N2O2P/c1-11(2)15(12(3)4)14-18(16)17-10-13-8-6-5-7-9-13/h5-9,11-12,14,16H,10H2,1-4H3. The van der Waals surface area contributed by atoms with Gasteiger partial charge in [0, 0.05) is 12.1 Å². The third-order valence-electron chi connectivity index (χ3n) is 2.51. The molecule has 0 amide bonds. The predicted molar refractivity (Wildman–Crippen MR) is 75.6 cm³/mol. The van der Waals surface area contributed by atoms with Gasteiger partial charge in [-0.15, -0.1) is 0 Å². The third kappa shape index (κ3) is 5.42. The highest BCUT2D eigenvalue weighted by Gasteiger charge is 2.17. The zero-order valence-electron chi connectivity index (χ0n) is 11.5. The molecule has 4 nitrogen and oxygen atoms in total. The van der Waals surface area contributed by atoms with E-state index in [-0.39, 0.29) is 0 Å². The lowest BCUT2D eigenvalue weighted by molar-refractivity contribution is 0.128. The molecule has 0 fully saturated rings. The van der Waals surface area contributed by atoms with E-state index in [4.69, 9.17) is 4.52 Å². The van der Waals surface area contributed by atoms with E-state index in [1.54, 1.807) is 0 Å². The quantitative estimate of drug-likeness (QED) is 0.590. The summed E-state index contributed by atoms with van der Waals surface area (Å²) in [4.78, 5) is 9.87. The van der Waals surface area contributed by atoms with E-state index in [1.165, 1.54) is 0 Å². The second-order valence-electron chi connectivity index (χ2n) is 4.73. The van der Waals surface area contributed by atoms with Gasteiger partial charge in [-0.2, -0.15) is 5.20 Å². The van der Waals surface area contributed by atoms with Gasteiger partial charge in [-0.25, -0.2) is 5.01 Å². The SMILES string of the molecule is CC(C)N(NP(O)OCc1ccccc1)C(C)C. The van der Waals surface area contributed by atoms with Crippen molar-refractivity contribution in [1.29, 1.82) is 0 Å². The fraction of sp³-hybridized carbons (Fsp3) is 0.538. The van der Waals surface area contributed by atoms with Crippen LogP contribution in [-0.4, -0.2) is 22.0 Å². The lowest BCUT2D eigenvalue weighted by atomic mass is 10.2. The zero-order valence-corrected chi connectivity index (χ0v) is 12.4. The van der Waals surface area contributed by atoms with Crippen LogP contribution in [0.2, 0.25) is 0 Å². The number of hydrogen-bond acceptors (Lipinski definition) is 4. The van der Waals surface area contributed by atoms with Crippen molar-refractivity contribution in [2.45, 2.75) is 46.4 Å². The Bertz CT molecular complexity index is 325. The molecule has 0 heterocycles. The van der Waals surface area contributed by atoms with Crippen LogP contribution in [-0.2, 0) is 11.1 Å². The predicted octanol–water partition coefficient (Wildman–Crippen LogP) is 3.05. The molecule has 1 unspecified atom stereocenters. The van der Waals surface area contributed by atoms with Gasteiger partial charge >= 0.3 is 0 Å². The minimum Gasteiger partial charge on any atom is -0.337 e. The van der Waals surface area contributed by atoms with Gasteiger partial charge in [-0.3, -0.25) is 0 Å². The highest BCUT2D eigenvalue weighted by Crippen LogP contribution is 2.29. The summed E-state index contributed by atoms with van der Waals surface area (Å²) in [6, 6.07) is 10.5. The molecule has 0 radical (unpaired) electrons. The molecule has 18 heavy (non-hydrogen) atoms. The van der Waals surface area contributed by atoms with Crippen LogP contribution in [0.1, 0.15) is 33.3 Å². The lowest BCUT2D eigenvalue weighted by Gasteiger charge is -2.32. The summed E-state index contributed by atoms with van der Waals surface area (Å²) in [5, 5.41) is 5.01. The summed E-state index contributed by atoms with van der Waals surface area (Å²) in [6.07, 6.45) is 0. The Morgan fingerprint density at radius 3 is 2.22 bits per heavy atom. The van der Waals surface area contributed by atoms with Crippen LogP contribution in [0.15, 0.2) is 30.3 Å². The van der Waals surface area contributed by atoms with Gasteiger partial charge in [0.1, 0.15) is 0 Å².